The fourth-order valence-corrected chi connectivity index (χ4v) is 1.89. The number of hydrogen-bond donors (Lipinski definition) is 2. The van der Waals surface area contributed by atoms with Crippen LogP contribution in [0.15, 0.2) is 29.3 Å². The molecule has 2 rings (SSSR count). The Labute approximate surface area is 99.0 Å². The largest absolute Gasteiger partial charge is 0.395 e. The molecule has 0 radical (unpaired) electrons. The number of aliphatic hydroxyl groups is 2. The predicted octanol–water partition coefficient (Wildman–Crippen LogP) is -0.126. The lowest BCUT2D eigenvalue weighted by Gasteiger charge is -2.15. The number of amides is 1. The van der Waals surface area contributed by atoms with E-state index in [2.05, 4.69) is 4.99 Å². The van der Waals surface area contributed by atoms with Crippen LogP contribution in [0.5, 0.6) is 0 Å². The van der Waals surface area contributed by atoms with Crippen LogP contribution in [0.1, 0.15) is 15.9 Å². The molecule has 1 aromatic rings. The highest BCUT2D eigenvalue weighted by molar-refractivity contribution is 6.23. The van der Waals surface area contributed by atoms with Gasteiger partial charge < -0.3 is 10.2 Å². The molecular weight excluding hydrogens is 220 g/mol. The fraction of sp³-hybridized carbons (Fsp3) is 0.333. The van der Waals surface area contributed by atoms with Crippen LogP contribution >= 0.6 is 0 Å². The van der Waals surface area contributed by atoms with Gasteiger partial charge in [0.05, 0.1) is 31.9 Å². The van der Waals surface area contributed by atoms with E-state index in [1.807, 2.05) is 12.1 Å². The van der Waals surface area contributed by atoms with E-state index >= 15 is 0 Å². The molecule has 0 saturated carbocycles. The maximum absolute atomic E-state index is 12.0. The minimum atomic E-state index is -0.147. The van der Waals surface area contributed by atoms with E-state index in [0.29, 0.717) is 11.4 Å². The van der Waals surface area contributed by atoms with Crippen LogP contribution in [-0.2, 0) is 0 Å². The van der Waals surface area contributed by atoms with Crippen molar-refractivity contribution in [1.29, 1.82) is 0 Å². The van der Waals surface area contributed by atoms with Crippen LogP contribution in [0.4, 0.5) is 0 Å². The molecular formula is C12H14N2O3. The summed E-state index contributed by atoms with van der Waals surface area (Å²) in [4.78, 5) is 17.7. The molecule has 5 nitrogen and oxygen atoms in total. The Morgan fingerprint density at radius 1 is 1.12 bits per heavy atom. The number of carbonyl (C=O) groups is 1. The van der Waals surface area contributed by atoms with Crippen molar-refractivity contribution in [3.8, 4) is 0 Å². The van der Waals surface area contributed by atoms with Gasteiger partial charge in [-0.1, -0.05) is 18.2 Å². The number of fused-ring (bicyclic) bond motifs is 1. The number of aliphatic imine (C=N–C) groups is 1. The lowest BCUT2D eigenvalue weighted by molar-refractivity contribution is 0.0839. The van der Waals surface area contributed by atoms with Gasteiger partial charge in [0.15, 0.2) is 0 Å². The van der Waals surface area contributed by atoms with Gasteiger partial charge in [-0.2, -0.15) is 0 Å². The Kier molecular flexibility index (Phi) is 3.51. The number of aliphatic hydroxyl groups excluding tert-OH is 2. The van der Waals surface area contributed by atoms with Crippen molar-refractivity contribution in [3.63, 3.8) is 0 Å². The van der Waals surface area contributed by atoms with Crippen LogP contribution in [-0.4, -0.2) is 53.2 Å². The van der Waals surface area contributed by atoms with Crippen LogP contribution in [0, 0.1) is 0 Å². The molecule has 90 valence electrons. The predicted molar refractivity (Wildman–Crippen MR) is 63.1 cm³/mol. The summed E-state index contributed by atoms with van der Waals surface area (Å²) in [5.41, 5.74) is 1.36. The van der Waals surface area contributed by atoms with Gasteiger partial charge in [0, 0.05) is 5.56 Å². The molecule has 1 aliphatic rings. The molecule has 0 atom stereocenters. The topological polar surface area (TPSA) is 73.1 Å². The highest BCUT2D eigenvalue weighted by Crippen LogP contribution is 2.22. The van der Waals surface area contributed by atoms with Gasteiger partial charge >= 0.3 is 0 Å². The number of carbonyl (C=O) groups excluding carboxylic acids is 1. The van der Waals surface area contributed by atoms with Crippen molar-refractivity contribution in [1.82, 2.24) is 4.90 Å². The van der Waals surface area contributed by atoms with Crippen LogP contribution in [0.2, 0.25) is 0 Å². The quantitative estimate of drug-likeness (QED) is 0.762. The second kappa shape index (κ2) is 5.07. The number of nitrogens with zero attached hydrogens (tertiary/aromatic N) is 2. The Bertz CT molecular complexity index is 457. The van der Waals surface area contributed by atoms with Gasteiger partial charge in [-0.25, -0.2) is 0 Å². The van der Waals surface area contributed by atoms with Gasteiger partial charge in [-0.3, -0.25) is 14.7 Å². The second-order valence-corrected chi connectivity index (χ2v) is 3.65. The first-order valence-electron chi connectivity index (χ1n) is 5.47. The summed E-state index contributed by atoms with van der Waals surface area (Å²) in [6.45, 7) is 0.293. The van der Waals surface area contributed by atoms with E-state index in [0.717, 1.165) is 5.56 Å². The average molecular weight is 234 g/mol. The molecule has 1 aromatic carbocycles. The molecule has 0 saturated heterocycles. The Morgan fingerprint density at radius 3 is 2.47 bits per heavy atom. The fourth-order valence-electron chi connectivity index (χ4n) is 1.89. The summed E-state index contributed by atoms with van der Waals surface area (Å²) in [5, 5.41) is 17.8. The van der Waals surface area contributed by atoms with E-state index in [9.17, 15) is 4.79 Å². The van der Waals surface area contributed by atoms with Crippen molar-refractivity contribution in [3.05, 3.63) is 35.4 Å². The van der Waals surface area contributed by atoms with Crippen LogP contribution < -0.4 is 0 Å². The molecule has 2 N–H and O–H groups in total. The van der Waals surface area contributed by atoms with Crippen molar-refractivity contribution >= 4 is 11.7 Å². The first-order chi connectivity index (χ1) is 8.29. The minimum absolute atomic E-state index is 0.0627. The maximum atomic E-state index is 12.0. The third kappa shape index (κ3) is 2.07. The van der Waals surface area contributed by atoms with Crippen molar-refractivity contribution in [2.45, 2.75) is 0 Å². The van der Waals surface area contributed by atoms with E-state index in [1.54, 1.807) is 12.1 Å². The number of β-amino-alcohol motifs (C(OH)–C–C–N with tert-alkyl or cyclic N) is 1. The van der Waals surface area contributed by atoms with Crippen LogP contribution in [0.3, 0.4) is 0 Å². The number of hydrogen-bond acceptors (Lipinski definition) is 4. The second-order valence-electron chi connectivity index (χ2n) is 3.65. The van der Waals surface area contributed by atoms with Crippen molar-refractivity contribution < 1.29 is 15.0 Å². The van der Waals surface area contributed by atoms with Gasteiger partial charge in [0.25, 0.3) is 5.91 Å². The van der Waals surface area contributed by atoms with Gasteiger partial charge in [0.2, 0.25) is 0 Å². The zero-order valence-corrected chi connectivity index (χ0v) is 9.33. The molecule has 0 unspecified atom stereocenters. The normalized spacial score (nSPS) is 16.7. The number of benzene rings is 1. The molecule has 0 bridgehead atoms. The van der Waals surface area contributed by atoms with Gasteiger partial charge in [-0.05, 0) is 6.07 Å². The summed E-state index contributed by atoms with van der Waals surface area (Å²) in [5.74, 6) is 0.389. The molecule has 0 spiro atoms. The maximum Gasteiger partial charge on any atom is 0.260 e. The Hall–Kier alpha value is -1.72. The number of amidine groups is 1. The average Bonchev–Trinajstić information content (AvgIpc) is 2.62. The molecule has 0 fully saturated rings. The SMILES string of the molecule is O=C1c2ccccc2C(=NCCO)N1CCO. The number of rotatable bonds is 4. The molecule has 1 amide bonds. The molecule has 5 heteroatoms. The lowest BCUT2D eigenvalue weighted by atomic mass is 10.1. The molecule has 1 aliphatic heterocycles. The minimum Gasteiger partial charge on any atom is -0.395 e. The zero-order chi connectivity index (χ0) is 12.3. The van der Waals surface area contributed by atoms with Crippen molar-refractivity contribution in [2.24, 2.45) is 4.99 Å². The van der Waals surface area contributed by atoms with E-state index in [-0.39, 0.29) is 32.2 Å². The van der Waals surface area contributed by atoms with Gasteiger partial charge in [0.1, 0.15) is 5.84 Å². The zero-order valence-electron chi connectivity index (χ0n) is 9.33. The smallest absolute Gasteiger partial charge is 0.260 e. The summed E-state index contributed by atoms with van der Waals surface area (Å²) >= 11 is 0. The monoisotopic (exact) mass is 234 g/mol. The van der Waals surface area contributed by atoms with E-state index in [1.165, 1.54) is 4.90 Å². The Morgan fingerprint density at radius 2 is 1.82 bits per heavy atom. The molecule has 17 heavy (non-hydrogen) atoms. The molecule has 1 heterocycles. The highest BCUT2D eigenvalue weighted by atomic mass is 16.3. The summed E-state index contributed by atoms with van der Waals surface area (Å²) < 4.78 is 0. The highest BCUT2D eigenvalue weighted by Gasteiger charge is 2.32. The molecule has 0 aliphatic carbocycles. The standard InChI is InChI=1S/C12H14N2O3/c15-7-5-13-11-9-3-1-2-4-10(9)12(17)14(11)6-8-16/h1-4,15-16H,5-8H2. The summed E-state index contributed by atoms with van der Waals surface area (Å²) in [7, 11) is 0. The lowest BCUT2D eigenvalue weighted by Crippen LogP contribution is -2.33. The molecule has 0 aromatic heterocycles. The third-order valence-electron chi connectivity index (χ3n) is 2.58. The first kappa shape index (κ1) is 11.8. The van der Waals surface area contributed by atoms with Crippen LogP contribution in [0.25, 0.3) is 0 Å². The first-order valence-corrected chi connectivity index (χ1v) is 5.47. The third-order valence-corrected chi connectivity index (χ3v) is 2.58. The summed E-state index contributed by atoms with van der Waals surface area (Å²) in [6.07, 6.45) is 0. The summed E-state index contributed by atoms with van der Waals surface area (Å²) in [6, 6.07) is 7.19. The van der Waals surface area contributed by atoms with E-state index < -0.39 is 0 Å². The van der Waals surface area contributed by atoms with E-state index in [4.69, 9.17) is 10.2 Å². The van der Waals surface area contributed by atoms with Gasteiger partial charge in [-0.15, -0.1) is 0 Å². The van der Waals surface area contributed by atoms with Crippen molar-refractivity contribution in [2.75, 3.05) is 26.3 Å². The Balaban J connectivity index is 2.42.